The summed E-state index contributed by atoms with van der Waals surface area (Å²) in [6.45, 7) is 0.198. The van der Waals surface area contributed by atoms with Gasteiger partial charge in [0.1, 0.15) is 19.3 Å². The Morgan fingerprint density at radius 2 is 1.50 bits per heavy atom. The van der Waals surface area contributed by atoms with Gasteiger partial charge in [0, 0.05) is 25.7 Å². The van der Waals surface area contributed by atoms with Crippen molar-refractivity contribution in [2.75, 3.05) is 20.3 Å². The molecule has 2 bridgehead atoms. The lowest BCUT2D eigenvalue weighted by Crippen LogP contribution is -2.60. The van der Waals surface area contributed by atoms with Crippen LogP contribution in [-0.4, -0.2) is 54.0 Å². The molecule has 2 aromatic rings. The van der Waals surface area contributed by atoms with Crippen molar-refractivity contribution >= 4 is 23.0 Å². The fourth-order valence-electron chi connectivity index (χ4n) is 5.33. The van der Waals surface area contributed by atoms with E-state index in [1.54, 1.807) is 48.5 Å². The van der Waals surface area contributed by atoms with Gasteiger partial charge in [0.25, 0.3) is 0 Å². The second kappa shape index (κ2) is 9.16. The number of carbonyl (C=O) groups is 1. The second-order valence-electron chi connectivity index (χ2n) is 8.59. The molecule has 2 fully saturated rings. The first-order valence-corrected chi connectivity index (χ1v) is 10.4. The molecule has 4 rings (SSSR count). The Morgan fingerprint density at radius 1 is 1.03 bits per heavy atom. The van der Waals surface area contributed by atoms with Crippen LogP contribution in [0.25, 0.3) is 0 Å². The number of nitrogens with zero attached hydrogens (tertiary/aromatic N) is 1. The highest BCUT2D eigenvalue weighted by Crippen LogP contribution is 2.43. The van der Waals surface area contributed by atoms with Gasteiger partial charge in [-0.25, -0.2) is 9.18 Å². The van der Waals surface area contributed by atoms with E-state index in [0.717, 1.165) is 30.2 Å². The first-order valence-electron chi connectivity index (χ1n) is 10.4. The SMILES string of the molecule is Br.C[N+]1(CCF)[C@@H]2CC[C@H]1CC(OC(=O)C(O)(c1ccccc1)c1ccccc1)C2. The molecule has 162 valence electrons. The average molecular weight is 479 g/mol. The van der Waals surface area contributed by atoms with E-state index >= 15 is 0 Å². The first kappa shape index (κ1) is 22.9. The van der Waals surface area contributed by atoms with Gasteiger partial charge in [0.05, 0.1) is 19.1 Å². The molecule has 2 unspecified atom stereocenters. The summed E-state index contributed by atoms with van der Waals surface area (Å²) in [6.07, 6.45) is 3.27. The summed E-state index contributed by atoms with van der Waals surface area (Å²) in [6, 6.07) is 18.5. The number of halogens is 2. The molecule has 2 saturated heterocycles. The van der Waals surface area contributed by atoms with Gasteiger partial charge in [-0.1, -0.05) is 60.7 Å². The van der Waals surface area contributed by atoms with Gasteiger partial charge in [0.15, 0.2) is 0 Å². The summed E-state index contributed by atoms with van der Waals surface area (Å²) in [5.41, 5.74) is -0.864. The third-order valence-corrected chi connectivity index (χ3v) is 7.09. The summed E-state index contributed by atoms with van der Waals surface area (Å²) >= 11 is 0. The quantitative estimate of drug-likeness (QED) is 0.500. The molecular weight excluding hydrogens is 449 g/mol. The van der Waals surface area contributed by atoms with Gasteiger partial charge in [-0.3, -0.25) is 0 Å². The van der Waals surface area contributed by atoms with E-state index in [-0.39, 0.29) is 29.8 Å². The first-order chi connectivity index (χ1) is 14.0. The van der Waals surface area contributed by atoms with Crippen LogP contribution in [0.1, 0.15) is 36.8 Å². The smallest absolute Gasteiger partial charge is 0.347 e. The molecule has 2 aromatic carbocycles. The summed E-state index contributed by atoms with van der Waals surface area (Å²) in [7, 11) is 2.13. The number of aliphatic hydroxyl groups is 1. The zero-order valence-corrected chi connectivity index (χ0v) is 19.0. The molecule has 0 saturated carbocycles. The molecule has 0 spiro atoms. The van der Waals surface area contributed by atoms with Gasteiger partial charge in [-0.2, -0.15) is 0 Å². The molecule has 0 aromatic heterocycles. The normalized spacial score (nSPS) is 27.9. The van der Waals surface area contributed by atoms with E-state index in [2.05, 4.69) is 7.05 Å². The Bertz CT molecular complexity index is 795. The molecule has 4 nitrogen and oxygen atoms in total. The number of ether oxygens (including phenoxy) is 1. The number of hydrogen-bond acceptors (Lipinski definition) is 3. The molecule has 30 heavy (non-hydrogen) atoms. The van der Waals surface area contributed by atoms with Crippen molar-refractivity contribution in [3.05, 3.63) is 71.8 Å². The second-order valence-corrected chi connectivity index (χ2v) is 8.59. The van der Waals surface area contributed by atoms with E-state index in [4.69, 9.17) is 4.74 Å². The minimum absolute atomic E-state index is 0. The van der Waals surface area contributed by atoms with Crippen molar-refractivity contribution in [1.29, 1.82) is 0 Å². The fraction of sp³-hybridized carbons (Fsp3) is 0.458. The monoisotopic (exact) mass is 478 g/mol. The molecule has 0 radical (unpaired) electrons. The fourth-order valence-corrected chi connectivity index (χ4v) is 5.33. The standard InChI is InChI=1S/C24H29FNO3.BrH/c1-26(15-14-25)20-12-13-21(26)17-22(16-20)29-23(27)24(28,18-8-4-2-5-9-18)19-10-6-3-7-11-19;/h2-11,20-22,28H,12-17H2,1H3;1H/q+1;/t20-,21+,22?,26?;. The molecular formula is C24H30BrFNO3+. The van der Waals surface area contributed by atoms with Gasteiger partial charge in [-0.15, -0.1) is 17.0 Å². The van der Waals surface area contributed by atoms with Crippen molar-refractivity contribution in [3.8, 4) is 0 Å². The summed E-state index contributed by atoms with van der Waals surface area (Å²) in [4.78, 5) is 13.3. The van der Waals surface area contributed by atoms with Crippen LogP contribution in [0.3, 0.4) is 0 Å². The predicted molar refractivity (Wildman–Crippen MR) is 119 cm³/mol. The van der Waals surface area contributed by atoms with Gasteiger partial charge >= 0.3 is 5.97 Å². The number of piperidine rings is 1. The molecule has 2 aliphatic heterocycles. The maximum atomic E-state index is 13.3. The zero-order chi connectivity index (χ0) is 20.5. The van der Waals surface area contributed by atoms with Gasteiger partial charge < -0.3 is 14.3 Å². The highest BCUT2D eigenvalue weighted by atomic mass is 79.9. The Balaban J connectivity index is 0.00000256. The van der Waals surface area contributed by atoms with Crippen LogP contribution in [0.15, 0.2) is 60.7 Å². The summed E-state index contributed by atoms with van der Waals surface area (Å²) < 4.78 is 19.8. The Morgan fingerprint density at radius 3 is 1.93 bits per heavy atom. The van der Waals surface area contributed by atoms with Crippen LogP contribution >= 0.6 is 17.0 Å². The molecule has 1 N–H and O–H groups in total. The highest BCUT2D eigenvalue weighted by molar-refractivity contribution is 8.93. The summed E-state index contributed by atoms with van der Waals surface area (Å²) in [5, 5.41) is 11.6. The number of hydrogen-bond donors (Lipinski definition) is 1. The average Bonchev–Trinajstić information content (AvgIpc) is 2.91. The zero-order valence-electron chi connectivity index (χ0n) is 17.2. The van der Waals surface area contributed by atoms with Crippen molar-refractivity contribution in [2.24, 2.45) is 0 Å². The van der Waals surface area contributed by atoms with Crippen LogP contribution in [0.5, 0.6) is 0 Å². The Hall–Kier alpha value is -1.76. The number of alkyl halides is 1. The molecule has 6 heteroatoms. The summed E-state index contributed by atoms with van der Waals surface area (Å²) in [5.74, 6) is -0.638. The van der Waals surface area contributed by atoms with Crippen LogP contribution in [-0.2, 0) is 15.1 Å². The van der Waals surface area contributed by atoms with E-state index in [1.807, 2.05) is 12.1 Å². The number of esters is 1. The topological polar surface area (TPSA) is 46.5 Å². The van der Waals surface area contributed by atoms with E-state index in [9.17, 15) is 14.3 Å². The van der Waals surface area contributed by atoms with Gasteiger partial charge in [-0.05, 0) is 11.1 Å². The van der Waals surface area contributed by atoms with Crippen molar-refractivity contribution in [2.45, 2.75) is 49.5 Å². The van der Waals surface area contributed by atoms with E-state index in [0.29, 0.717) is 29.8 Å². The maximum absolute atomic E-state index is 13.3. The molecule has 2 aliphatic rings. The number of quaternary nitrogens is 1. The molecule has 0 amide bonds. The lowest BCUT2D eigenvalue weighted by molar-refractivity contribution is -0.949. The number of fused-ring (bicyclic) bond motifs is 2. The molecule has 2 heterocycles. The maximum Gasteiger partial charge on any atom is 0.347 e. The lowest BCUT2D eigenvalue weighted by Gasteiger charge is -2.46. The van der Waals surface area contributed by atoms with Crippen molar-refractivity contribution in [3.63, 3.8) is 0 Å². The highest BCUT2D eigenvalue weighted by Gasteiger charge is 2.53. The third-order valence-electron chi connectivity index (χ3n) is 7.09. The van der Waals surface area contributed by atoms with Crippen LogP contribution in [0.4, 0.5) is 4.39 Å². The Kier molecular flexibility index (Phi) is 7.00. The third kappa shape index (κ3) is 3.93. The molecule has 4 atom stereocenters. The minimum Gasteiger partial charge on any atom is -0.459 e. The van der Waals surface area contributed by atoms with Crippen molar-refractivity contribution < 1.29 is 23.5 Å². The predicted octanol–water partition coefficient (Wildman–Crippen LogP) is 4.15. The largest absolute Gasteiger partial charge is 0.459 e. The minimum atomic E-state index is -1.85. The van der Waals surface area contributed by atoms with Crippen LogP contribution in [0, 0.1) is 0 Å². The van der Waals surface area contributed by atoms with Crippen LogP contribution < -0.4 is 0 Å². The number of rotatable bonds is 6. The van der Waals surface area contributed by atoms with Gasteiger partial charge in [0.2, 0.25) is 5.60 Å². The number of carbonyl (C=O) groups excluding carboxylic acids is 1. The Labute approximate surface area is 188 Å². The number of benzene rings is 2. The lowest BCUT2D eigenvalue weighted by atomic mass is 9.86. The van der Waals surface area contributed by atoms with E-state index < -0.39 is 11.6 Å². The molecule has 0 aliphatic carbocycles. The van der Waals surface area contributed by atoms with Crippen molar-refractivity contribution in [1.82, 2.24) is 0 Å². The van der Waals surface area contributed by atoms with E-state index in [1.165, 1.54) is 0 Å². The van der Waals surface area contributed by atoms with Crippen LogP contribution in [0.2, 0.25) is 0 Å².